The lowest BCUT2D eigenvalue weighted by Crippen LogP contribution is -2.22. The summed E-state index contributed by atoms with van der Waals surface area (Å²) >= 11 is 0. The Morgan fingerprint density at radius 3 is 2.35 bits per heavy atom. The van der Waals surface area contributed by atoms with Gasteiger partial charge in [-0.3, -0.25) is 4.79 Å². The van der Waals surface area contributed by atoms with E-state index >= 15 is 0 Å². The van der Waals surface area contributed by atoms with Crippen molar-refractivity contribution in [1.82, 2.24) is 5.32 Å². The van der Waals surface area contributed by atoms with Crippen molar-refractivity contribution in [2.45, 2.75) is 25.8 Å². The maximum atomic E-state index is 11.7. The topological polar surface area (TPSA) is 55.1 Å². The van der Waals surface area contributed by atoms with Crippen molar-refractivity contribution in [3.05, 3.63) is 65.7 Å². The molecule has 0 unspecified atom stereocenters. The zero-order valence-electron chi connectivity index (χ0n) is 11.5. The van der Waals surface area contributed by atoms with Gasteiger partial charge in [0.1, 0.15) is 0 Å². The summed E-state index contributed by atoms with van der Waals surface area (Å²) in [5.41, 5.74) is 8.75. The lowest BCUT2D eigenvalue weighted by molar-refractivity contribution is -0.121. The molecule has 0 bridgehead atoms. The van der Waals surface area contributed by atoms with Gasteiger partial charge in [-0.25, -0.2) is 0 Å². The average Bonchev–Trinajstić information content (AvgIpc) is 2.48. The third kappa shape index (κ3) is 4.76. The molecule has 3 heteroatoms. The number of anilines is 1. The molecule has 0 aromatic heterocycles. The first kappa shape index (κ1) is 14.1. The van der Waals surface area contributed by atoms with Crippen molar-refractivity contribution in [2.24, 2.45) is 0 Å². The van der Waals surface area contributed by atoms with Gasteiger partial charge in [0.25, 0.3) is 0 Å². The van der Waals surface area contributed by atoms with Crippen molar-refractivity contribution >= 4 is 11.6 Å². The van der Waals surface area contributed by atoms with Crippen LogP contribution in [0.2, 0.25) is 0 Å². The van der Waals surface area contributed by atoms with Gasteiger partial charge in [0.2, 0.25) is 5.91 Å². The van der Waals surface area contributed by atoms with E-state index in [9.17, 15) is 4.79 Å². The predicted molar refractivity (Wildman–Crippen MR) is 82.1 cm³/mol. The predicted octanol–water partition coefficient (Wildman–Crippen LogP) is 2.91. The minimum absolute atomic E-state index is 0.101. The fourth-order valence-electron chi connectivity index (χ4n) is 2.02. The maximum Gasteiger partial charge on any atom is 0.220 e. The van der Waals surface area contributed by atoms with Crippen molar-refractivity contribution in [2.75, 3.05) is 5.73 Å². The number of nitrogens with two attached hydrogens (primary N) is 1. The molecular weight excluding hydrogens is 248 g/mol. The number of aryl methyl sites for hydroxylation is 1. The smallest absolute Gasteiger partial charge is 0.220 e. The van der Waals surface area contributed by atoms with Gasteiger partial charge in [0, 0.05) is 18.7 Å². The van der Waals surface area contributed by atoms with E-state index < -0.39 is 0 Å². The van der Waals surface area contributed by atoms with E-state index in [1.807, 2.05) is 54.6 Å². The summed E-state index contributed by atoms with van der Waals surface area (Å²) in [5, 5.41) is 2.94. The number of rotatable bonds is 6. The van der Waals surface area contributed by atoms with Gasteiger partial charge in [-0.05, 0) is 36.1 Å². The summed E-state index contributed by atoms with van der Waals surface area (Å²) in [7, 11) is 0. The molecule has 0 spiro atoms. The first-order valence-corrected chi connectivity index (χ1v) is 6.89. The van der Waals surface area contributed by atoms with Crippen LogP contribution in [0.15, 0.2) is 54.6 Å². The molecule has 0 fully saturated rings. The van der Waals surface area contributed by atoms with Crippen LogP contribution in [0.5, 0.6) is 0 Å². The lowest BCUT2D eigenvalue weighted by Gasteiger charge is -2.05. The van der Waals surface area contributed by atoms with Crippen LogP contribution in [0.3, 0.4) is 0 Å². The molecule has 2 aromatic carbocycles. The van der Waals surface area contributed by atoms with Crippen LogP contribution in [-0.4, -0.2) is 5.91 Å². The molecule has 3 N–H and O–H groups in total. The minimum Gasteiger partial charge on any atom is -0.399 e. The molecule has 104 valence electrons. The Hall–Kier alpha value is -2.29. The van der Waals surface area contributed by atoms with Gasteiger partial charge in [-0.2, -0.15) is 0 Å². The van der Waals surface area contributed by atoms with Gasteiger partial charge in [0.05, 0.1) is 0 Å². The summed E-state index contributed by atoms with van der Waals surface area (Å²) < 4.78 is 0. The van der Waals surface area contributed by atoms with Crippen LogP contribution in [0.1, 0.15) is 24.0 Å². The fraction of sp³-hybridized carbons (Fsp3) is 0.235. The second-order valence-electron chi connectivity index (χ2n) is 4.86. The summed E-state index contributed by atoms with van der Waals surface area (Å²) in [6, 6.07) is 17.7. The summed E-state index contributed by atoms with van der Waals surface area (Å²) in [6.07, 6.45) is 2.31. The van der Waals surface area contributed by atoms with E-state index in [0.29, 0.717) is 13.0 Å². The SMILES string of the molecule is Nc1ccc(CCCC(=O)NCc2ccccc2)cc1. The fourth-order valence-corrected chi connectivity index (χ4v) is 2.02. The number of nitrogen functional groups attached to an aromatic ring is 1. The lowest BCUT2D eigenvalue weighted by atomic mass is 10.1. The van der Waals surface area contributed by atoms with Crippen LogP contribution >= 0.6 is 0 Å². The first-order valence-electron chi connectivity index (χ1n) is 6.89. The molecule has 0 heterocycles. The Bertz CT molecular complexity index is 535. The van der Waals surface area contributed by atoms with E-state index in [2.05, 4.69) is 5.32 Å². The van der Waals surface area contributed by atoms with Gasteiger partial charge in [0.15, 0.2) is 0 Å². The number of benzene rings is 2. The van der Waals surface area contributed by atoms with Crippen molar-refractivity contribution in [3.8, 4) is 0 Å². The molecule has 0 radical (unpaired) electrons. The Morgan fingerprint density at radius 2 is 1.65 bits per heavy atom. The molecular formula is C17H20N2O. The molecule has 0 aliphatic rings. The van der Waals surface area contributed by atoms with Gasteiger partial charge in [-0.1, -0.05) is 42.5 Å². The summed E-state index contributed by atoms with van der Waals surface area (Å²) in [6.45, 7) is 0.599. The Labute approximate surface area is 119 Å². The third-order valence-electron chi connectivity index (χ3n) is 3.18. The highest BCUT2D eigenvalue weighted by atomic mass is 16.1. The first-order chi connectivity index (χ1) is 9.74. The number of carbonyl (C=O) groups is 1. The Balaban J connectivity index is 1.66. The molecule has 0 saturated heterocycles. The van der Waals surface area contributed by atoms with E-state index in [1.165, 1.54) is 5.56 Å². The highest BCUT2D eigenvalue weighted by molar-refractivity contribution is 5.75. The van der Waals surface area contributed by atoms with Crippen molar-refractivity contribution in [1.29, 1.82) is 0 Å². The van der Waals surface area contributed by atoms with Crippen LogP contribution in [0.25, 0.3) is 0 Å². The Kier molecular flexibility index (Phi) is 5.18. The van der Waals surface area contributed by atoms with E-state index in [-0.39, 0.29) is 5.91 Å². The molecule has 3 nitrogen and oxygen atoms in total. The molecule has 2 rings (SSSR count). The quantitative estimate of drug-likeness (QED) is 0.791. The average molecular weight is 268 g/mol. The van der Waals surface area contributed by atoms with Gasteiger partial charge >= 0.3 is 0 Å². The van der Waals surface area contributed by atoms with Crippen molar-refractivity contribution < 1.29 is 4.79 Å². The maximum absolute atomic E-state index is 11.7. The highest BCUT2D eigenvalue weighted by Gasteiger charge is 2.01. The zero-order valence-corrected chi connectivity index (χ0v) is 11.5. The Morgan fingerprint density at radius 1 is 0.950 bits per heavy atom. The highest BCUT2D eigenvalue weighted by Crippen LogP contribution is 2.08. The molecule has 1 amide bonds. The molecule has 0 atom stereocenters. The monoisotopic (exact) mass is 268 g/mol. The second kappa shape index (κ2) is 7.34. The number of hydrogen-bond donors (Lipinski definition) is 2. The molecule has 2 aromatic rings. The van der Waals surface area contributed by atoms with Gasteiger partial charge in [-0.15, -0.1) is 0 Å². The van der Waals surface area contributed by atoms with E-state index in [0.717, 1.165) is 24.1 Å². The molecule has 0 aliphatic carbocycles. The van der Waals surface area contributed by atoms with Crippen LogP contribution in [-0.2, 0) is 17.8 Å². The van der Waals surface area contributed by atoms with E-state index in [1.54, 1.807) is 0 Å². The summed E-state index contributed by atoms with van der Waals surface area (Å²) in [4.78, 5) is 11.7. The standard InChI is InChI=1S/C17H20N2O/c18-16-11-9-14(10-12-16)7-4-8-17(20)19-13-15-5-2-1-3-6-15/h1-3,5-6,9-12H,4,7-8,13,18H2,(H,19,20). The number of hydrogen-bond acceptors (Lipinski definition) is 2. The van der Waals surface area contributed by atoms with Crippen LogP contribution in [0.4, 0.5) is 5.69 Å². The molecule has 0 saturated carbocycles. The number of nitrogens with one attached hydrogen (secondary N) is 1. The second-order valence-corrected chi connectivity index (χ2v) is 4.86. The van der Waals surface area contributed by atoms with Gasteiger partial charge < -0.3 is 11.1 Å². The largest absolute Gasteiger partial charge is 0.399 e. The third-order valence-corrected chi connectivity index (χ3v) is 3.18. The number of amides is 1. The zero-order chi connectivity index (χ0) is 14.2. The van der Waals surface area contributed by atoms with Crippen molar-refractivity contribution in [3.63, 3.8) is 0 Å². The molecule has 0 aliphatic heterocycles. The molecule has 20 heavy (non-hydrogen) atoms. The number of carbonyl (C=O) groups excluding carboxylic acids is 1. The van der Waals surface area contributed by atoms with E-state index in [4.69, 9.17) is 5.73 Å². The minimum atomic E-state index is 0.101. The van der Waals surface area contributed by atoms with Crippen LogP contribution in [0, 0.1) is 0 Å². The normalized spacial score (nSPS) is 10.2. The van der Waals surface area contributed by atoms with Crippen LogP contribution < -0.4 is 11.1 Å². The summed E-state index contributed by atoms with van der Waals surface area (Å²) in [5.74, 6) is 0.101.